The maximum Gasteiger partial charge on any atom is 0.274 e. The Morgan fingerprint density at radius 2 is 0.929 bits per heavy atom. The average Bonchev–Trinajstić information content (AvgIpc) is 1.26. The Morgan fingerprint density at radius 3 is 1.31 bits per heavy atom. The first-order valence-corrected chi connectivity index (χ1v) is 39.9. The summed E-state index contributed by atoms with van der Waals surface area (Å²) < 4.78 is 53.5. The molecular weight excluding hydrogens is 1360 g/mol. The van der Waals surface area contributed by atoms with Gasteiger partial charge in [0.2, 0.25) is 5.91 Å². The van der Waals surface area contributed by atoms with Crippen LogP contribution in [0.5, 0.6) is 17.2 Å². The molecule has 3 fully saturated rings. The van der Waals surface area contributed by atoms with Crippen molar-refractivity contribution < 1.29 is 46.3 Å². The highest BCUT2D eigenvalue weighted by atomic mass is 79.9. The van der Waals surface area contributed by atoms with Crippen LogP contribution in [0.4, 0.5) is 24.8 Å². The Bertz CT molecular complexity index is 4430. The van der Waals surface area contributed by atoms with Crippen molar-refractivity contribution in [3.8, 4) is 17.2 Å². The van der Waals surface area contributed by atoms with Gasteiger partial charge in [0.05, 0.1) is 0 Å². The van der Waals surface area contributed by atoms with Crippen molar-refractivity contribution in [1.82, 2.24) is 45.9 Å². The maximum atomic E-state index is 13.5. The molecule has 3 saturated carbocycles. The molecule has 12 rings (SSSR count). The van der Waals surface area contributed by atoms with E-state index in [1.807, 2.05) is 38.1 Å². The van der Waals surface area contributed by atoms with E-state index in [4.69, 9.17) is 19.6 Å². The minimum Gasteiger partial charge on any atom is -0.540 e. The van der Waals surface area contributed by atoms with E-state index in [2.05, 4.69) is 130 Å². The first kappa shape index (κ1) is 74.3. The number of aromatic hydroxyl groups is 1. The van der Waals surface area contributed by atoms with E-state index in [0.717, 1.165) is 46.8 Å². The molecule has 19 nitrogen and oxygen atoms in total. The van der Waals surface area contributed by atoms with E-state index in [-0.39, 0.29) is 115 Å². The molecule has 9 aromatic rings. The number of nitrogens with zero attached hydrogens (tertiary/aromatic N) is 7. The van der Waals surface area contributed by atoms with Gasteiger partial charge in [-0.25, -0.2) is 28.1 Å². The SMILES string of the molecule is CC(C)(C)[Si](C)(C)Oc1c(C(=O)NC2CC2c2ccc(F)cc2)nc(Br)c2cccnc12.CCN.CCN(C(C)=O)c1nc(C(=O)NC2CC2c2ccc(F)cc2)c(O)c2ncccc12.CCNc1nc(C(=O)NC2CC2c2ccc(F)cc2)c(O[Si](C)(C)C(C)(C)C)c2ncccc12. The minimum absolute atomic E-state index is 0.0197. The van der Waals surface area contributed by atoms with Crippen LogP contribution in [0.3, 0.4) is 0 Å². The van der Waals surface area contributed by atoms with Crippen LogP contribution in [0.25, 0.3) is 32.7 Å². The molecule has 25 heteroatoms. The van der Waals surface area contributed by atoms with Crippen LogP contribution in [0.1, 0.15) is 154 Å². The Labute approximate surface area is 586 Å². The number of nitrogens with two attached hydrogens (primary N) is 1. The van der Waals surface area contributed by atoms with E-state index in [0.29, 0.717) is 57.9 Å². The normalized spacial score (nSPS) is 17.6. The first-order chi connectivity index (χ1) is 46.8. The lowest BCUT2D eigenvalue weighted by Crippen LogP contribution is -2.44. The third kappa shape index (κ3) is 17.4. The molecule has 3 aromatic carbocycles. The number of nitrogens with one attached hydrogen (secondary N) is 4. The molecule has 7 N–H and O–H groups in total. The fourth-order valence-electron chi connectivity index (χ4n) is 10.8. The van der Waals surface area contributed by atoms with Gasteiger partial charge < -0.3 is 41.0 Å². The van der Waals surface area contributed by atoms with Gasteiger partial charge in [0, 0.05) is 90.6 Å². The molecule has 6 atom stereocenters. The van der Waals surface area contributed by atoms with E-state index in [9.17, 15) is 37.5 Å². The van der Waals surface area contributed by atoms with Crippen molar-refractivity contribution in [1.29, 1.82) is 0 Å². The number of amides is 4. The average molecular weight is 1450 g/mol. The second-order valence-electron chi connectivity index (χ2n) is 27.9. The molecule has 0 radical (unpaired) electrons. The monoisotopic (exact) mass is 1450 g/mol. The fraction of sp³-hybridized carbons (Fsp3) is 0.378. The predicted octanol–water partition coefficient (Wildman–Crippen LogP) is 15.2. The van der Waals surface area contributed by atoms with Crippen molar-refractivity contribution in [2.24, 2.45) is 5.73 Å². The van der Waals surface area contributed by atoms with Crippen LogP contribution in [-0.4, -0.2) is 113 Å². The number of hydrogen-bond acceptors (Lipinski definition) is 15. The number of carbonyl (C=O) groups is 4. The molecule has 3 aliphatic rings. The molecule has 522 valence electrons. The largest absolute Gasteiger partial charge is 0.540 e. The Hall–Kier alpha value is -8.92. The summed E-state index contributed by atoms with van der Waals surface area (Å²) in [6, 6.07) is 29.8. The molecule has 6 aromatic heterocycles. The van der Waals surface area contributed by atoms with Gasteiger partial charge in [-0.3, -0.25) is 39.0 Å². The zero-order valence-corrected chi connectivity index (χ0v) is 62.0. The second-order valence-corrected chi connectivity index (χ2v) is 38.1. The number of anilines is 2. The molecule has 6 heterocycles. The van der Waals surface area contributed by atoms with Crippen molar-refractivity contribution in [3.05, 3.63) is 184 Å². The number of halogens is 4. The lowest BCUT2D eigenvalue weighted by atomic mass is 10.1. The van der Waals surface area contributed by atoms with Crippen LogP contribution >= 0.6 is 15.9 Å². The van der Waals surface area contributed by atoms with E-state index in [1.165, 1.54) is 54.4 Å². The lowest BCUT2D eigenvalue weighted by molar-refractivity contribution is -0.116. The standard InChI is InChI=1S/C26H33FN4O2Si.C24H27BrFN3O2Si.C22H21FN4O3.C2H7N/c1-7-28-24-18-9-8-14-29-21(18)23(33-34(5,6)26(2,3)4)22(31-24)25(32)30-20-15-19(20)16-10-12-17(27)13-11-16;1-24(2,3)32(4,5)31-21-19-16(7-6-12-27-19)22(25)29-20(21)23(30)28-18-13-17(18)14-8-10-15(26)11-9-14;1-3-27(12(2)28)21-15-5-4-10-24-18(15)20(29)19(26-21)22(30)25-17-11-16(17)13-6-8-14(23)9-7-13;1-2-3/h8-14,19-20H,7,15H2,1-6H3,(H,28,31)(H,30,32);6-12,17-18H,13H2,1-5H3,(H,28,30);4-10,16-17,29H,3,11H2,1-2H3,(H,25,30);2-3H2,1H3. The fourth-order valence-corrected chi connectivity index (χ4v) is 13.3. The van der Waals surface area contributed by atoms with Crippen molar-refractivity contribution in [3.63, 3.8) is 0 Å². The molecule has 6 unspecified atom stereocenters. The minimum atomic E-state index is -2.29. The van der Waals surface area contributed by atoms with Gasteiger partial charge in [-0.05, 0) is 181 Å². The number of fused-ring (bicyclic) bond motifs is 3. The van der Waals surface area contributed by atoms with Crippen LogP contribution in [0.15, 0.2) is 132 Å². The quantitative estimate of drug-likeness (QED) is 0.0366. The summed E-state index contributed by atoms with van der Waals surface area (Å²) >= 11 is 3.50. The zero-order valence-electron chi connectivity index (χ0n) is 58.4. The number of benzene rings is 3. The van der Waals surface area contributed by atoms with Gasteiger partial charge >= 0.3 is 0 Å². The highest BCUT2D eigenvalue weighted by molar-refractivity contribution is 9.10. The van der Waals surface area contributed by atoms with E-state index in [1.54, 1.807) is 67.8 Å². The molecule has 0 bridgehead atoms. The number of pyridine rings is 6. The summed E-state index contributed by atoms with van der Waals surface area (Å²) in [7, 11) is -4.55. The topological polar surface area (TPSA) is 262 Å². The van der Waals surface area contributed by atoms with E-state index >= 15 is 0 Å². The van der Waals surface area contributed by atoms with Crippen LogP contribution in [0.2, 0.25) is 36.3 Å². The summed E-state index contributed by atoms with van der Waals surface area (Å²) in [6.07, 6.45) is 7.24. The highest BCUT2D eigenvalue weighted by Gasteiger charge is 2.46. The van der Waals surface area contributed by atoms with Crippen LogP contribution in [-0.2, 0) is 4.79 Å². The molecule has 0 saturated heterocycles. The van der Waals surface area contributed by atoms with Gasteiger partial charge in [0.25, 0.3) is 34.4 Å². The van der Waals surface area contributed by atoms with E-state index < -0.39 is 22.5 Å². The van der Waals surface area contributed by atoms with Gasteiger partial charge in [0.1, 0.15) is 50.2 Å². The molecule has 3 aliphatic carbocycles. The number of aromatic nitrogens is 6. The number of rotatable bonds is 17. The van der Waals surface area contributed by atoms with Gasteiger partial charge in [-0.2, -0.15) is 0 Å². The molecule has 4 amide bonds. The van der Waals surface area contributed by atoms with Gasteiger partial charge in [-0.1, -0.05) is 84.9 Å². The Kier molecular flexibility index (Phi) is 23.0. The lowest BCUT2D eigenvalue weighted by Gasteiger charge is -2.37. The smallest absolute Gasteiger partial charge is 0.274 e. The summed E-state index contributed by atoms with van der Waals surface area (Å²) in [5, 5.41) is 25.0. The third-order valence-corrected chi connectivity index (χ3v) is 27.8. The van der Waals surface area contributed by atoms with Gasteiger partial charge in [0.15, 0.2) is 34.3 Å². The number of hydrogen-bond donors (Lipinski definition) is 6. The first-order valence-electron chi connectivity index (χ1n) is 33.3. The molecule has 99 heavy (non-hydrogen) atoms. The maximum absolute atomic E-state index is 13.5. The molecule has 0 spiro atoms. The second kappa shape index (κ2) is 30.7. The summed E-state index contributed by atoms with van der Waals surface area (Å²) in [5.41, 5.74) is 9.58. The van der Waals surface area contributed by atoms with Crippen molar-refractivity contribution in [2.45, 2.75) is 161 Å². The summed E-state index contributed by atoms with van der Waals surface area (Å²) in [6.45, 7) is 30.4. The summed E-state index contributed by atoms with van der Waals surface area (Å²) in [5.74, 6) is -0.314. The Balaban J connectivity index is 0.000000170. The Morgan fingerprint density at radius 1 is 0.566 bits per heavy atom. The predicted molar refractivity (Wildman–Crippen MR) is 391 cm³/mol. The summed E-state index contributed by atoms with van der Waals surface area (Å²) in [4.78, 5) is 80.2. The van der Waals surface area contributed by atoms with Gasteiger partial charge in [-0.15, -0.1) is 0 Å². The highest BCUT2D eigenvalue weighted by Crippen LogP contribution is 2.47. The number of carbonyl (C=O) groups excluding carboxylic acids is 4. The van der Waals surface area contributed by atoms with Crippen LogP contribution in [0, 0.1) is 17.5 Å². The van der Waals surface area contributed by atoms with Crippen LogP contribution < -0.4 is 40.8 Å². The van der Waals surface area contributed by atoms with Crippen molar-refractivity contribution in [2.75, 3.05) is 29.9 Å². The molecule has 0 aliphatic heterocycles. The zero-order chi connectivity index (χ0) is 72.1. The third-order valence-electron chi connectivity index (χ3n) is 18.6. The van der Waals surface area contributed by atoms with Crippen molar-refractivity contribution >= 4 is 101 Å². The molecular formula is C74H88BrF3N12O7Si2.